The summed E-state index contributed by atoms with van der Waals surface area (Å²) in [5.74, 6) is 0. The summed E-state index contributed by atoms with van der Waals surface area (Å²) in [6.07, 6.45) is -3.67. The second-order valence-electron chi connectivity index (χ2n) is 4.04. The van der Waals surface area contributed by atoms with Gasteiger partial charge >= 0.3 is 6.18 Å². The number of nitrogens with zero attached hydrogens (tertiary/aromatic N) is 1. The molecule has 1 aromatic carbocycles. The van der Waals surface area contributed by atoms with E-state index in [4.69, 9.17) is 10.5 Å². The third-order valence-electron chi connectivity index (χ3n) is 2.63. The monoisotopic (exact) mass is 262 g/mol. The molecule has 0 aliphatic carbocycles. The number of nitrogen functional groups attached to an aromatic ring is 1. The van der Waals surface area contributed by atoms with Crippen molar-refractivity contribution >= 4 is 11.4 Å². The lowest BCUT2D eigenvalue weighted by Crippen LogP contribution is -2.20. The van der Waals surface area contributed by atoms with Crippen LogP contribution in [-0.4, -0.2) is 27.3 Å². The molecule has 0 radical (unpaired) electrons. The number of halogens is 3. The summed E-state index contributed by atoms with van der Waals surface area (Å²) in [6, 6.07) is 3.94. The standard InChI is InChI=1S/C12H17F3N2O/c1-17(6-3-7-18-2)9-4-5-11(16)10(8-9)12(13,14)15/h4-5,8H,3,6-7,16H2,1-2H3. The van der Waals surface area contributed by atoms with E-state index in [0.717, 1.165) is 12.5 Å². The van der Waals surface area contributed by atoms with Gasteiger partial charge in [-0.25, -0.2) is 0 Å². The fraction of sp³-hybridized carbons (Fsp3) is 0.500. The van der Waals surface area contributed by atoms with E-state index in [1.54, 1.807) is 25.1 Å². The summed E-state index contributed by atoms with van der Waals surface area (Å²) < 4.78 is 42.9. The largest absolute Gasteiger partial charge is 0.418 e. The topological polar surface area (TPSA) is 38.5 Å². The number of ether oxygens (including phenoxy) is 1. The van der Waals surface area contributed by atoms with Crippen LogP contribution in [0.5, 0.6) is 0 Å². The fourth-order valence-electron chi connectivity index (χ4n) is 1.60. The highest BCUT2D eigenvalue weighted by Crippen LogP contribution is 2.35. The lowest BCUT2D eigenvalue weighted by Gasteiger charge is -2.21. The van der Waals surface area contributed by atoms with Crippen LogP contribution in [0.3, 0.4) is 0 Å². The first-order chi connectivity index (χ1) is 8.36. The van der Waals surface area contributed by atoms with E-state index in [9.17, 15) is 13.2 Å². The minimum Gasteiger partial charge on any atom is -0.398 e. The van der Waals surface area contributed by atoms with Crippen LogP contribution in [-0.2, 0) is 10.9 Å². The molecular weight excluding hydrogens is 245 g/mol. The number of benzene rings is 1. The van der Waals surface area contributed by atoms with Gasteiger partial charge in [-0.15, -0.1) is 0 Å². The van der Waals surface area contributed by atoms with Crippen molar-refractivity contribution in [1.29, 1.82) is 0 Å². The molecule has 0 bridgehead atoms. The van der Waals surface area contributed by atoms with Gasteiger partial charge in [0.1, 0.15) is 0 Å². The van der Waals surface area contributed by atoms with E-state index in [1.165, 1.54) is 6.07 Å². The molecule has 0 aliphatic rings. The van der Waals surface area contributed by atoms with Crippen LogP contribution in [0.1, 0.15) is 12.0 Å². The van der Waals surface area contributed by atoms with E-state index >= 15 is 0 Å². The molecule has 1 rings (SSSR count). The van der Waals surface area contributed by atoms with Gasteiger partial charge in [-0.3, -0.25) is 0 Å². The van der Waals surface area contributed by atoms with Crippen LogP contribution in [0.4, 0.5) is 24.5 Å². The molecule has 102 valence electrons. The van der Waals surface area contributed by atoms with E-state index in [1.807, 2.05) is 0 Å². The molecule has 1 aromatic rings. The Morgan fingerprint density at radius 3 is 2.56 bits per heavy atom. The highest BCUT2D eigenvalue weighted by atomic mass is 19.4. The summed E-state index contributed by atoms with van der Waals surface area (Å²) in [4.78, 5) is 1.74. The van der Waals surface area contributed by atoms with Gasteiger partial charge in [0, 0.05) is 38.7 Å². The summed E-state index contributed by atoms with van der Waals surface area (Å²) >= 11 is 0. The van der Waals surface area contributed by atoms with E-state index < -0.39 is 11.7 Å². The third-order valence-corrected chi connectivity index (χ3v) is 2.63. The fourth-order valence-corrected chi connectivity index (χ4v) is 1.60. The number of hydrogen-bond donors (Lipinski definition) is 1. The zero-order valence-corrected chi connectivity index (χ0v) is 10.4. The Labute approximate surface area is 104 Å². The van der Waals surface area contributed by atoms with Gasteiger partial charge in [0.25, 0.3) is 0 Å². The number of hydrogen-bond acceptors (Lipinski definition) is 3. The van der Waals surface area contributed by atoms with Crippen molar-refractivity contribution < 1.29 is 17.9 Å². The minimum atomic E-state index is -4.42. The SMILES string of the molecule is COCCCN(C)c1ccc(N)c(C(F)(F)F)c1. The first kappa shape index (κ1) is 14.6. The number of rotatable bonds is 5. The zero-order valence-electron chi connectivity index (χ0n) is 10.4. The van der Waals surface area contributed by atoms with Gasteiger partial charge < -0.3 is 15.4 Å². The Morgan fingerprint density at radius 1 is 1.33 bits per heavy atom. The quantitative estimate of drug-likeness (QED) is 0.655. The second-order valence-corrected chi connectivity index (χ2v) is 4.04. The van der Waals surface area contributed by atoms with Crippen molar-refractivity contribution in [2.75, 3.05) is 37.9 Å². The van der Waals surface area contributed by atoms with Crippen molar-refractivity contribution in [1.82, 2.24) is 0 Å². The summed E-state index contributed by atoms with van der Waals surface area (Å²) in [5, 5.41) is 0. The van der Waals surface area contributed by atoms with Crippen molar-refractivity contribution in [3.8, 4) is 0 Å². The summed E-state index contributed by atoms with van der Waals surface area (Å²) in [5.41, 5.74) is 4.79. The number of nitrogens with two attached hydrogens (primary N) is 1. The molecule has 18 heavy (non-hydrogen) atoms. The Balaban J connectivity index is 2.84. The Bertz CT molecular complexity index is 393. The molecule has 0 saturated heterocycles. The second kappa shape index (κ2) is 5.95. The Morgan fingerprint density at radius 2 is 2.00 bits per heavy atom. The van der Waals surface area contributed by atoms with Gasteiger partial charge in [-0.05, 0) is 24.6 Å². The maximum absolute atomic E-state index is 12.7. The van der Waals surface area contributed by atoms with Gasteiger partial charge in [-0.2, -0.15) is 13.2 Å². The Kier molecular flexibility index (Phi) is 4.84. The predicted octanol–water partition coefficient (Wildman–Crippen LogP) is 2.76. The average Bonchev–Trinajstić information content (AvgIpc) is 2.28. The van der Waals surface area contributed by atoms with E-state index in [-0.39, 0.29) is 5.69 Å². The van der Waals surface area contributed by atoms with Gasteiger partial charge in [0.15, 0.2) is 0 Å². The molecule has 0 aromatic heterocycles. The average molecular weight is 262 g/mol. The maximum atomic E-state index is 12.7. The lowest BCUT2D eigenvalue weighted by molar-refractivity contribution is -0.136. The molecule has 2 N–H and O–H groups in total. The van der Waals surface area contributed by atoms with Crippen LogP contribution in [0.25, 0.3) is 0 Å². The van der Waals surface area contributed by atoms with Crippen molar-refractivity contribution in [2.45, 2.75) is 12.6 Å². The van der Waals surface area contributed by atoms with Gasteiger partial charge in [0.05, 0.1) is 5.56 Å². The van der Waals surface area contributed by atoms with E-state index in [2.05, 4.69) is 0 Å². The molecule has 0 unspecified atom stereocenters. The highest BCUT2D eigenvalue weighted by Gasteiger charge is 2.33. The van der Waals surface area contributed by atoms with Crippen LogP contribution >= 0.6 is 0 Å². The van der Waals surface area contributed by atoms with Crippen LogP contribution in [0.15, 0.2) is 18.2 Å². The molecule has 0 atom stereocenters. The summed E-state index contributed by atoms with van der Waals surface area (Å²) in [6.45, 7) is 1.19. The number of anilines is 2. The van der Waals surface area contributed by atoms with Crippen LogP contribution in [0, 0.1) is 0 Å². The number of methoxy groups -OCH3 is 1. The molecule has 6 heteroatoms. The zero-order chi connectivity index (χ0) is 13.8. The Hall–Kier alpha value is -1.43. The molecular formula is C12H17F3N2O. The van der Waals surface area contributed by atoms with Crippen LogP contribution in [0.2, 0.25) is 0 Å². The first-order valence-corrected chi connectivity index (χ1v) is 5.53. The maximum Gasteiger partial charge on any atom is 0.418 e. The number of alkyl halides is 3. The predicted molar refractivity (Wildman–Crippen MR) is 65.6 cm³/mol. The van der Waals surface area contributed by atoms with Gasteiger partial charge in [0.2, 0.25) is 0 Å². The molecule has 0 saturated carbocycles. The molecule has 0 fully saturated rings. The van der Waals surface area contributed by atoms with Gasteiger partial charge in [-0.1, -0.05) is 0 Å². The first-order valence-electron chi connectivity index (χ1n) is 5.53. The van der Waals surface area contributed by atoms with Crippen molar-refractivity contribution in [3.05, 3.63) is 23.8 Å². The normalized spacial score (nSPS) is 11.6. The third kappa shape index (κ3) is 3.80. The summed E-state index contributed by atoms with van der Waals surface area (Å²) in [7, 11) is 3.33. The molecule has 0 spiro atoms. The smallest absolute Gasteiger partial charge is 0.398 e. The highest BCUT2D eigenvalue weighted by molar-refractivity contribution is 5.59. The molecule has 0 aliphatic heterocycles. The molecule has 0 heterocycles. The van der Waals surface area contributed by atoms with E-state index in [0.29, 0.717) is 18.8 Å². The van der Waals surface area contributed by atoms with Crippen molar-refractivity contribution in [3.63, 3.8) is 0 Å². The minimum absolute atomic E-state index is 0.253. The molecule has 3 nitrogen and oxygen atoms in total. The van der Waals surface area contributed by atoms with Crippen molar-refractivity contribution in [2.24, 2.45) is 0 Å². The van der Waals surface area contributed by atoms with Crippen LogP contribution < -0.4 is 10.6 Å². The molecule has 0 amide bonds. The lowest BCUT2D eigenvalue weighted by atomic mass is 10.1.